The second-order valence-corrected chi connectivity index (χ2v) is 20.7. The van der Waals surface area contributed by atoms with Crippen molar-refractivity contribution >= 4 is 8.60 Å². The van der Waals surface area contributed by atoms with Crippen LogP contribution in [0.25, 0.3) is 33.4 Å². The molecule has 0 amide bonds. The number of hydrogen-bond acceptors (Lipinski definition) is 3. The number of rotatable bonds is 24. The minimum Gasteiger partial charge on any atom is -0.408 e. The SMILES string of the molecule is CCCCCC(C)(C)c1ccc(OP(Oc2ccc(C(C)(C)CCCCC)cc2-c2ccccc2)Oc2ccc(C(C)(C)CCCCC)cc2-c2ccccc2)c(-c2ccccc2)c1. The molecule has 0 radical (unpaired) electrons. The highest BCUT2D eigenvalue weighted by Crippen LogP contribution is 2.51. The Labute approximate surface area is 389 Å². The van der Waals surface area contributed by atoms with Crippen molar-refractivity contribution in [2.24, 2.45) is 0 Å². The van der Waals surface area contributed by atoms with E-state index < -0.39 is 8.60 Å². The molecule has 6 rings (SSSR count). The molecule has 0 saturated carbocycles. The molecule has 0 aliphatic heterocycles. The topological polar surface area (TPSA) is 27.7 Å². The second-order valence-electron chi connectivity index (χ2n) is 19.8. The van der Waals surface area contributed by atoms with Gasteiger partial charge in [0, 0.05) is 16.7 Å². The summed E-state index contributed by atoms with van der Waals surface area (Å²) in [6.45, 7) is 21.0. The van der Waals surface area contributed by atoms with Gasteiger partial charge in [-0.15, -0.1) is 0 Å². The lowest BCUT2D eigenvalue weighted by atomic mass is 9.79. The fourth-order valence-corrected chi connectivity index (χ4v) is 9.87. The summed E-state index contributed by atoms with van der Waals surface area (Å²) in [5.41, 5.74) is 10.3. The molecule has 0 unspecified atom stereocenters. The quantitative estimate of drug-likeness (QED) is 0.0448. The largest absolute Gasteiger partial charge is 0.530 e. The molecule has 338 valence electrons. The third-order valence-corrected chi connectivity index (χ3v) is 14.3. The van der Waals surface area contributed by atoms with E-state index in [1.54, 1.807) is 0 Å². The fraction of sp³-hybridized carbons (Fsp3) is 0.400. The van der Waals surface area contributed by atoms with Gasteiger partial charge in [0.15, 0.2) is 0 Å². The van der Waals surface area contributed by atoms with Crippen LogP contribution >= 0.6 is 8.60 Å². The minimum atomic E-state index is -2.06. The van der Waals surface area contributed by atoms with Gasteiger partial charge in [-0.3, -0.25) is 0 Å². The van der Waals surface area contributed by atoms with Crippen molar-refractivity contribution in [2.45, 2.75) is 156 Å². The smallest absolute Gasteiger partial charge is 0.408 e. The molecule has 64 heavy (non-hydrogen) atoms. The lowest BCUT2D eigenvalue weighted by Gasteiger charge is -2.29. The van der Waals surface area contributed by atoms with E-state index in [2.05, 4.69) is 208 Å². The van der Waals surface area contributed by atoms with Crippen LogP contribution < -0.4 is 13.6 Å². The van der Waals surface area contributed by atoms with Crippen molar-refractivity contribution in [1.29, 1.82) is 0 Å². The summed E-state index contributed by atoms with van der Waals surface area (Å²) in [7, 11) is -2.06. The van der Waals surface area contributed by atoms with Crippen LogP contribution in [0.5, 0.6) is 17.2 Å². The van der Waals surface area contributed by atoms with Crippen molar-refractivity contribution in [1.82, 2.24) is 0 Å². The zero-order valence-corrected chi connectivity index (χ0v) is 41.4. The van der Waals surface area contributed by atoms with Gasteiger partial charge in [0.2, 0.25) is 0 Å². The molecular weight excluding hydrogens is 800 g/mol. The molecule has 3 nitrogen and oxygen atoms in total. The Morgan fingerprint density at radius 3 is 0.859 bits per heavy atom. The average molecular weight is 875 g/mol. The maximum atomic E-state index is 7.20. The highest BCUT2D eigenvalue weighted by molar-refractivity contribution is 7.43. The summed E-state index contributed by atoms with van der Waals surface area (Å²) in [4.78, 5) is 0. The molecule has 0 aromatic heterocycles. The Bertz CT molecular complexity index is 2070. The summed E-state index contributed by atoms with van der Waals surface area (Å²) in [5, 5.41) is 0. The third kappa shape index (κ3) is 12.9. The van der Waals surface area contributed by atoms with Gasteiger partial charge in [0.05, 0.1) is 0 Å². The normalized spacial score (nSPS) is 12.1. The summed E-state index contributed by atoms with van der Waals surface area (Å²) < 4.78 is 21.6. The molecular formula is C60H75O3P. The molecule has 0 spiro atoms. The Balaban J connectivity index is 1.49. The van der Waals surface area contributed by atoms with E-state index in [0.29, 0.717) is 0 Å². The van der Waals surface area contributed by atoms with Gasteiger partial charge in [0.1, 0.15) is 17.2 Å². The lowest BCUT2D eigenvalue weighted by molar-refractivity contribution is 0.388. The predicted octanol–water partition coefficient (Wildman–Crippen LogP) is 19.0. The fourth-order valence-electron chi connectivity index (χ4n) is 8.80. The number of unbranched alkanes of at least 4 members (excludes halogenated alkanes) is 6. The summed E-state index contributed by atoms with van der Waals surface area (Å²) in [6.07, 6.45) is 14.3. The molecule has 6 aromatic rings. The highest BCUT2D eigenvalue weighted by Gasteiger charge is 2.30. The first-order valence-electron chi connectivity index (χ1n) is 24.3. The van der Waals surface area contributed by atoms with Gasteiger partial charge in [-0.1, -0.05) is 229 Å². The first-order chi connectivity index (χ1) is 30.8. The van der Waals surface area contributed by atoms with Gasteiger partial charge < -0.3 is 13.6 Å². The molecule has 0 bridgehead atoms. The molecule has 0 aliphatic rings. The Morgan fingerprint density at radius 2 is 0.609 bits per heavy atom. The van der Waals surface area contributed by atoms with Crippen molar-refractivity contribution in [3.8, 4) is 50.6 Å². The van der Waals surface area contributed by atoms with E-state index in [9.17, 15) is 0 Å². The van der Waals surface area contributed by atoms with Crippen LogP contribution in [-0.2, 0) is 16.2 Å². The molecule has 6 aromatic carbocycles. The monoisotopic (exact) mass is 875 g/mol. The van der Waals surface area contributed by atoms with Crippen LogP contribution in [0.15, 0.2) is 146 Å². The minimum absolute atomic E-state index is 0.00224. The van der Waals surface area contributed by atoms with Gasteiger partial charge >= 0.3 is 8.60 Å². The van der Waals surface area contributed by atoms with Crippen LogP contribution in [0.3, 0.4) is 0 Å². The molecule has 0 aliphatic carbocycles. The maximum absolute atomic E-state index is 7.20. The van der Waals surface area contributed by atoms with E-state index in [1.807, 2.05) is 0 Å². The van der Waals surface area contributed by atoms with Gasteiger partial charge in [-0.2, -0.15) is 0 Å². The average Bonchev–Trinajstić information content (AvgIpc) is 3.30. The van der Waals surface area contributed by atoms with E-state index >= 15 is 0 Å². The van der Waals surface area contributed by atoms with Crippen LogP contribution in [0.1, 0.15) is 156 Å². The Morgan fingerprint density at radius 1 is 0.344 bits per heavy atom. The van der Waals surface area contributed by atoms with Crippen molar-refractivity contribution in [3.63, 3.8) is 0 Å². The van der Waals surface area contributed by atoms with Crippen LogP contribution in [0, 0.1) is 0 Å². The lowest BCUT2D eigenvalue weighted by Crippen LogP contribution is -2.17. The summed E-state index contributed by atoms with van der Waals surface area (Å²) in [5.74, 6) is 2.20. The maximum Gasteiger partial charge on any atom is 0.530 e. The van der Waals surface area contributed by atoms with Crippen LogP contribution in [-0.4, -0.2) is 0 Å². The van der Waals surface area contributed by atoms with Crippen LogP contribution in [0.4, 0.5) is 0 Å². The van der Waals surface area contributed by atoms with E-state index in [1.165, 1.54) is 74.5 Å². The predicted molar refractivity (Wildman–Crippen MR) is 276 cm³/mol. The second kappa shape index (κ2) is 22.9. The number of benzene rings is 6. The van der Waals surface area contributed by atoms with E-state index in [-0.39, 0.29) is 16.2 Å². The van der Waals surface area contributed by atoms with Crippen LogP contribution in [0.2, 0.25) is 0 Å². The van der Waals surface area contributed by atoms with Crippen molar-refractivity contribution in [3.05, 3.63) is 162 Å². The molecule has 4 heteroatoms. The van der Waals surface area contributed by atoms with Gasteiger partial charge in [-0.05, 0) is 105 Å². The van der Waals surface area contributed by atoms with E-state index in [0.717, 1.165) is 69.9 Å². The summed E-state index contributed by atoms with van der Waals surface area (Å²) in [6, 6.07) is 52.0. The molecule has 0 fully saturated rings. The molecule has 0 saturated heterocycles. The molecule has 0 atom stereocenters. The molecule has 0 heterocycles. The zero-order chi connectivity index (χ0) is 45.6. The van der Waals surface area contributed by atoms with Crippen molar-refractivity contribution in [2.75, 3.05) is 0 Å². The van der Waals surface area contributed by atoms with Gasteiger partial charge in [-0.25, -0.2) is 0 Å². The highest BCUT2D eigenvalue weighted by atomic mass is 31.2. The Kier molecular flexibility index (Phi) is 17.4. The zero-order valence-electron chi connectivity index (χ0n) is 40.5. The first-order valence-corrected chi connectivity index (χ1v) is 25.4. The third-order valence-electron chi connectivity index (χ3n) is 13.3. The van der Waals surface area contributed by atoms with Crippen molar-refractivity contribution < 1.29 is 13.6 Å². The first kappa shape index (κ1) is 48.6. The Hall–Kier alpha value is -4.85. The summed E-state index contributed by atoms with van der Waals surface area (Å²) >= 11 is 0. The molecule has 0 N–H and O–H groups in total. The standard InChI is InChI=1S/C60H75O3P/c1-10-13-25-40-58(4,5)49-34-37-55(52(43-49)46-28-19-16-20-29-46)61-64(62-56-38-35-50(59(6,7)41-26-14-11-2)44-53(56)47-30-21-17-22-31-47)63-57-39-36-51(60(8,9)42-27-15-12-3)45-54(57)48-32-23-18-24-33-48/h16-24,28-39,43-45H,10-15,25-27,40-42H2,1-9H3. The van der Waals surface area contributed by atoms with Gasteiger partial charge in [0.25, 0.3) is 0 Å². The number of hydrogen-bond donors (Lipinski definition) is 0. The van der Waals surface area contributed by atoms with E-state index in [4.69, 9.17) is 13.6 Å².